The van der Waals surface area contributed by atoms with Crippen molar-refractivity contribution >= 4 is 34.3 Å². The molecular formula is C21H18N4OS. The van der Waals surface area contributed by atoms with Gasteiger partial charge in [-0.2, -0.15) is 0 Å². The van der Waals surface area contributed by atoms with Crippen LogP contribution in [0.3, 0.4) is 0 Å². The molecule has 6 heteroatoms. The van der Waals surface area contributed by atoms with Gasteiger partial charge in [-0.25, -0.2) is 4.98 Å². The van der Waals surface area contributed by atoms with Crippen LogP contribution in [0.5, 0.6) is 0 Å². The summed E-state index contributed by atoms with van der Waals surface area (Å²) in [5.41, 5.74) is 3.70. The van der Waals surface area contributed by atoms with Crippen LogP contribution in [0.1, 0.15) is 0 Å². The first-order valence-corrected chi connectivity index (χ1v) is 9.89. The molecule has 0 radical (unpaired) electrons. The third-order valence-electron chi connectivity index (χ3n) is 4.77. The van der Waals surface area contributed by atoms with Gasteiger partial charge < -0.3 is 14.5 Å². The summed E-state index contributed by atoms with van der Waals surface area (Å²) in [4.78, 5) is 17.4. The fraction of sp³-hybridized carbons (Fsp3) is 0.143. The van der Waals surface area contributed by atoms with E-state index < -0.39 is 0 Å². The number of benzene rings is 2. The maximum atomic E-state index is 12.7. The minimum Gasteiger partial charge on any atom is -0.338 e. The third-order valence-corrected chi connectivity index (χ3v) is 5.75. The first kappa shape index (κ1) is 16.2. The number of anilines is 1. The van der Waals surface area contributed by atoms with Gasteiger partial charge in [0.1, 0.15) is 6.54 Å². The predicted octanol–water partition coefficient (Wildman–Crippen LogP) is 4.25. The second kappa shape index (κ2) is 6.63. The zero-order valence-electron chi connectivity index (χ0n) is 14.6. The summed E-state index contributed by atoms with van der Waals surface area (Å²) in [5.74, 6) is 1.02. The lowest BCUT2D eigenvalue weighted by Crippen LogP contribution is -2.18. The largest absolute Gasteiger partial charge is 0.338 e. The van der Waals surface area contributed by atoms with Crippen molar-refractivity contribution in [3.8, 4) is 11.3 Å². The smallest absolute Gasteiger partial charge is 0.244 e. The van der Waals surface area contributed by atoms with E-state index in [2.05, 4.69) is 22.1 Å². The monoisotopic (exact) mass is 374 g/mol. The van der Waals surface area contributed by atoms with Crippen LogP contribution in [0.2, 0.25) is 0 Å². The Morgan fingerprint density at radius 3 is 2.89 bits per heavy atom. The minimum absolute atomic E-state index is 0.0510. The second-order valence-electron chi connectivity index (χ2n) is 6.55. The molecule has 0 unspecified atom stereocenters. The van der Waals surface area contributed by atoms with Gasteiger partial charge in [0.05, 0.1) is 11.4 Å². The number of amides is 1. The molecular weight excluding hydrogens is 356 g/mol. The standard InChI is InChI=1S/C21H18N4OS/c26-20(14-24-10-9-15-5-1-4-8-19(15)24)22-17-7-3-2-6-16(17)18-13-25-11-12-27-21(25)23-18/h1-10,13H,11-12,14H2,(H,22,26). The first-order chi connectivity index (χ1) is 13.3. The fourth-order valence-electron chi connectivity index (χ4n) is 3.48. The highest BCUT2D eigenvalue weighted by atomic mass is 32.2. The Bertz CT molecular complexity index is 1120. The Hall–Kier alpha value is -2.99. The predicted molar refractivity (Wildman–Crippen MR) is 109 cm³/mol. The van der Waals surface area contributed by atoms with Crippen LogP contribution in [-0.4, -0.2) is 25.8 Å². The molecule has 4 aromatic rings. The summed E-state index contributed by atoms with van der Waals surface area (Å²) < 4.78 is 4.14. The number of aromatic nitrogens is 3. The number of hydrogen-bond donors (Lipinski definition) is 1. The van der Waals surface area contributed by atoms with Gasteiger partial charge in [-0.15, -0.1) is 0 Å². The van der Waals surface area contributed by atoms with Crippen LogP contribution in [0.25, 0.3) is 22.2 Å². The molecule has 5 nitrogen and oxygen atoms in total. The maximum Gasteiger partial charge on any atom is 0.244 e. The number of rotatable bonds is 4. The van der Waals surface area contributed by atoms with Crippen LogP contribution in [-0.2, 0) is 17.9 Å². The number of para-hydroxylation sites is 2. The van der Waals surface area contributed by atoms with E-state index >= 15 is 0 Å². The molecule has 0 aliphatic carbocycles. The van der Waals surface area contributed by atoms with Crippen molar-refractivity contribution in [2.45, 2.75) is 18.2 Å². The number of nitrogens with one attached hydrogen (secondary N) is 1. The van der Waals surface area contributed by atoms with E-state index in [9.17, 15) is 4.79 Å². The molecule has 0 saturated heterocycles. The van der Waals surface area contributed by atoms with Crippen molar-refractivity contribution in [1.82, 2.24) is 14.1 Å². The molecule has 27 heavy (non-hydrogen) atoms. The zero-order valence-corrected chi connectivity index (χ0v) is 15.4. The van der Waals surface area contributed by atoms with Gasteiger partial charge in [0.15, 0.2) is 5.16 Å². The normalized spacial score (nSPS) is 13.0. The highest BCUT2D eigenvalue weighted by Gasteiger charge is 2.17. The molecule has 0 atom stereocenters. The molecule has 2 aromatic carbocycles. The quantitative estimate of drug-likeness (QED) is 0.581. The SMILES string of the molecule is O=C(Cn1ccc2ccccc21)Nc1ccccc1-c1cn2c(n1)SCC2. The number of carbonyl (C=O) groups is 1. The van der Waals surface area contributed by atoms with Gasteiger partial charge in [0, 0.05) is 35.8 Å². The molecule has 5 rings (SSSR count). The summed E-state index contributed by atoms with van der Waals surface area (Å²) in [7, 11) is 0. The molecule has 134 valence electrons. The Morgan fingerprint density at radius 2 is 1.96 bits per heavy atom. The molecule has 2 aromatic heterocycles. The Morgan fingerprint density at radius 1 is 1.11 bits per heavy atom. The number of fused-ring (bicyclic) bond motifs is 2. The van der Waals surface area contributed by atoms with Crippen molar-refractivity contribution in [3.05, 3.63) is 67.0 Å². The molecule has 0 bridgehead atoms. The average Bonchev–Trinajstić information content (AvgIpc) is 3.37. The Balaban J connectivity index is 1.40. The van der Waals surface area contributed by atoms with Gasteiger partial charge in [0.25, 0.3) is 0 Å². The van der Waals surface area contributed by atoms with E-state index in [1.54, 1.807) is 11.8 Å². The topological polar surface area (TPSA) is 51.9 Å². The van der Waals surface area contributed by atoms with Crippen molar-refractivity contribution in [1.29, 1.82) is 0 Å². The van der Waals surface area contributed by atoms with Gasteiger partial charge in [-0.3, -0.25) is 4.79 Å². The Kier molecular flexibility index (Phi) is 3.98. The molecule has 0 spiro atoms. The molecule has 1 N–H and O–H groups in total. The van der Waals surface area contributed by atoms with E-state index in [4.69, 9.17) is 4.98 Å². The molecule has 0 saturated carbocycles. The van der Waals surface area contributed by atoms with Crippen LogP contribution in [0.4, 0.5) is 5.69 Å². The fourth-order valence-corrected chi connectivity index (χ4v) is 4.42. The third kappa shape index (κ3) is 3.02. The van der Waals surface area contributed by atoms with E-state index in [0.29, 0.717) is 0 Å². The highest BCUT2D eigenvalue weighted by molar-refractivity contribution is 7.99. The highest BCUT2D eigenvalue weighted by Crippen LogP contribution is 2.32. The minimum atomic E-state index is -0.0510. The lowest BCUT2D eigenvalue weighted by atomic mass is 10.1. The summed E-state index contributed by atoms with van der Waals surface area (Å²) in [6.45, 7) is 1.26. The van der Waals surface area contributed by atoms with E-state index in [1.807, 2.05) is 59.3 Å². The maximum absolute atomic E-state index is 12.7. The van der Waals surface area contributed by atoms with Gasteiger partial charge in [-0.1, -0.05) is 48.2 Å². The molecule has 1 aliphatic heterocycles. The van der Waals surface area contributed by atoms with Crippen LogP contribution in [0, 0.1) is 0 Å². The average molecular weight is 374 g/mol. The van der Waals surface area contributed by atoms with Gasteiger partial charge >= 0.3 is 0 Å². The first-order valence-electron chi connectivity index (χ1n) is 8.91. The van der Waals surface area contributed by atoms with Crippen LogP contribution in [0.15, 0.2) is 72.1 Å². The zero-order chi connectivity index (χ0) is 18.2. The van der Waals surface area contributed by atoms with Crippen molar-refractivity contribution in [2.24, 2.45) is 0 Å². The lowest BCUT2D eigenvalue weighted by molar-refractivity contribution is -0.116. The van der Waals surface area contributed by atoms with Gasteiger partial charge in [0.2, 0.25) is 5.91 Å². The number of aryl methyl sites for hydroxylation is 1. The van der Waals surface area contributed by atoms with Gasteiger partial charge in [-0.05, 0) is 23.6 Å². The number of carbonyl (C=O) groups excluding carboxylic acids is 1. The summed E-state index contributed by atoms with van der Waals surface area (Å²) in [6, 6.07) is 17.9. The summed E-state index contributed by atoms with van der Waals surface area (Å²) >= 11 is 1.77. The van der Waals surface area contributed by atoms with Crippen molar-refractivity contribution < 1.29 is 4.79 Å². The molecule has 1 aliphatic rings. The molecule has 0 fully saturated rings. The molecule has 3 heterocycles. The molecule has 1 amide bonds. The van der Waals surface area contributed by atoms with E-state index in [0.717, 1.165) is 45.3 Å². The Labute approximate surface area is 161 Å². The number of hydrogen-bond acceptors (Lipinski definition) is 3. The van der Waals surface area contributed by atoms with Crippen LogP contribution >= 0.6 is 11.8 Å². The van der Waals surface area contributed by atoms with E-state index in [1.165, 1.54) is 0 Å². The van der Waals surface area contributed by atoms with Crippen molar-refractivity contribution in [3.63, 3.8) is 0 Å². The number of imidazole rings is 1. The second-order valence-corrected chi connectivity index (χ2v) is 7.61. The van der Waals surface area contributed by atoms with Crippen LogP contribution < -0.4 is 5.32 Å². The summed E-state index contributed by atoms with van der Waals surface area (Å²) in [5, 5.41) is 5.24. The summed E-state index contributed by atoms with van der Waals surface area (Å²) in [6.07, 6.45) is 4.02. The number of thioether (sulfide) groups is 1. The lowest BCUT2D eigenvalue weighted by Gasteiger charge is -2.11. The van der Waals surface area contributed by atoms with E-state index in [-0.39, 0.29) is 12.5 Å². The number of nitrogens with zero attached hydrogens (tertiary/aromatic N) is 3. The van der Waals surface area contributed by atoms with Crippen molar-refractivity contribution in [2.75, 3.05) is 11.1 Å².